The third kappa shape index (κ3) is 1.53. The minimum Gasteiger partial charge on any atom is -0.330 e. The molecule has 1 aromatic carbocycles. The maximum atomic E-state index is 13.5. The lowest BCUT2D eigenvalue weighted by Gasteiger charge is -2.31. The molecule has 76 valence electrons. The molecule has 1 aliphatic heterocycles. The van der Waals surface area contributed by atoms with E-state index in [1.165, 1.54) is 6.07 Å². The third-order valence-electron chi connectivity index (χ3n) is 2.84. The molecule has 1 aliphatic rings. The highest BCUT2D eigenvalue weighted by Crippen LogP contribution is 2.28. The Kier molecular flexibility index (Phi) is 2.52. The summed E-state index contributed by atoms with van der Waals surface area (Å²) < 4.78 is 13.5. The minimum atomic E-state index is -0.104. The molecule has 1 heterocycles. The first-order valence-corrected chi connectivity index (χ1v) is 4.88. The van der Waals surface area contributed by atoms with Gasteiger partial charge in [0.05, 0.1) is 0 Å². The van der Waals surface area contributed by atoms with Gasteiger partial charge in [-0.3, -0.25) is 0 Å². The van der Waals surface area contributed by atoms with Crippen molar-refractivity contribution < 1.29 is 4.39 Å². The first-order chi connectivity index (χ1) is 6.72. The molecule has 0 saturated carbocycles. The Balaban J connectivity index is 2.45. The van der Waals surface area contributed by atoms with Gasteiger partial charge in [-0.2, -0.15) is 0 Å². The normalized spacial score (nSPS) is 22.1. The summed E-state index contributed by atoms with van der Waals surface area (Å²) in [6, 6.07) is 5.27. The topological polar surface area (TPSA) is 29.3 Å². The van der Waals surface area contributed by atoms with Crippen LogP contribution in [0.1, 0.15) is 17.0 Å². The molecule has 0 fully saturated rings. The van der Waals surface area contributed by atoms with E-state index in [4.69, 9.17) is 5.73 Å². The van der Waals surface area contributed by atoms with Gasteiger partial charge in [-0.15, -0.1) is 0 Å². The van der Waals surface area contributed by atoms with Crippen molar-refractivity contribution in [1.29, 1.82) is 0 Å². The minimum absolute atomic E-state index is 0.104. The third-order valence-corrected chi connectivity index (χ3v) is 2.84. The quantitative estimate of drug-likeness (QED) is 0.730. The van der Waals surface area contributed by atoms with Crippen LogP contribution in [0.25, 0.3) is 0 Å². The smallest absolute Gasteiger partial charge is 0.127 e. The lowest BCUT2D eigenvalue weighted by molar-refractivity contribution is 0.277. The predicted molar refractivity (Wildman–Crippen MR) is 54.5 cm³/mol. The van der Waals surface area contributed by atoms with Gasteiger partial charge in [-0.05, 0) is 18.7 Å². The van der Waals surface area contributed by atoms with Crippen LogP contribution >= 0.6 is 0 Å². The lowest BCUT2D eigenvalue weighted by Crippen LogP contribution is -2.34. The van der Waals surface area contributed by atoms with E-state index in [1.807, 2.05) is 13.1 Å². The average Bonchev–Trinajstić information content (AvgIpc) is 2.18. The SMILES string of the molecule is CN1Cc2c(F)cccc2C(CN)C1. The van der Waals surface area contributed by atoms with Gasteiger partial charge < -0.3 is 10.6 Å². The molecular formula is C11H15FN2. The van der Waals surface area contributed by atoms with Crippen LogP contribution in [0.3, 0.4) is 0 Å². The first-order valence-electron chi connectivity index (χ1n) is 4.88. The van der Waals surface area contributed by atoms with Crippen molar-refractivity contribution in [3.8, 4) is 0 Å². The van der Waals surface area contributed by atoms with E-state index in [0.717, 1.165) is 17.7 Å². The molecule has 0 saturated heterocycles. The molecule has 0 aromatic heterocycles. The van der Waals surface area contributed by atoms with Gasteiger partial charge in [0, 0.05) is 31.1 Å². The Morgan fingerprint density at radius 2 is 2.36 bits per heavy atom. The summed E-state index contributed by atoms with van der Waals surface area (Å²) in [4.78, 5) is 2.11. The molecule has 1 aromatic rings. The first kappa shape index (κ1) is 9.62. The van der Waals surface area contributed by atoms with Gasteiger partial charge in [0.1, 0.15) is 5.82 Å². The van der Waals surface area contributed by atoms with Crippen molar-refractivity contribution >= 4 is 0 Å². The van der Waals surface area contributed by atoms with Crippen molar-refractivity contribution in [1.82, 2.24) is 4.90 Å². The number of hydrogen-bond donors (Lipinski definition) is 1. The fourth-order valence-corrected chi connectivity index (χ4v) is 2.14. The highest BCUT2D eigenvalue weighted by Gasteiger charge is 2.23. The van der Waals surface area contributed by atoms with E-state index in [0.29, 0.717) is 13.1 Å². The molecule has 3 heteroatoms. The molecule has 0 radical (unpaired) electrons. The molecule has 0 aliphatic carbocycles. The fourth-order valence-electron chi connectivity index (χ4n) is 2.14. The van der Waals surface area contributed by atoms with Crippen LogP contribution in [0.2, 0.25) is 0 Å². The Bertz CT molecular complexity index is 338. The summed E-state index contributed by atoms with van der Waals surface area (Å²) in [6.45, 7) is 2.20. The molecule has 2 nitrogen and oxygen atoms in total. The Labute approximate surface area is 83.5 Å². The van der Waals surface area contributed by atoms with Gasteiger partial charge in [0.2, 0.25) is 0 Å². The predicted octanol–water partition coefficient (Wildman–Crippen LogP) is 1.31. The zero-order chi connectivity index (χ0) is 10.1. The number of hydrogen-bond acceptors (Lipinski definition) is 2. The van der Waals surface area contributed by atoms with E-state index in [-0.39, 0.29) is 11.7 Å². The highest BCUT2D eigenvalue weighted by molar-refractivity contribution is 5.34. The number of rotatable bonds is 1. The van der Waals surface area contributed by atoms with Gasteiger partial charge in [-0.1, -0.05) is 12.1 Å². The standard InChI is InChI=1S/C11H15FN2/c1-14-6-8(5-13)9-3-2-4-11(12)10(9)7-14/h2-4,8H,5-7,13H2,1H3. The van der Waals surface area contributed by atoms with Crippen molar-refractivity contribution in [3.05, 3.63) is 35.1 Å². The second kappa shape index (κ2) is 3.67. The molecule has 0 amide bonds. The molecular weight excluding hydrogens is 179 g/mol. The van der Waals surface area contributed by atoms with E-state index in [9.17, 15) is 4.39 Å². The molecule has 2 N–H and O–H groups in total. The van der Waals surface area contributed by atoms with Gasteiger partial charge in [0.15, 0.2) is 0 Å². The van der Waals surface area contributed by atoms with Crippen molar-refractivity contribution in [3.63, 3.8) is 0 Å². The van der Waals surface area contributed by atoms with E-state index < -0.39 is 0 Å². The molecule has 14 heavy (non-hydrogen) atoms. The number of benzene rings is 1. The van der Waals surface area contributed by atoms with Crippen LogP contribution in [0.4, 0.5) is 4.39 Å². The monoisotopic (exact) mass is 194 g/mol. The average molecular weight is 194 g/mol. The summed E-state index contributed by atoms with van der Waals surface area (Å²) in [5, 5.41) is 0. The molecule has 1 unspecified atom stereocenters. The zero-order valence-corrected chi connectivity index (χ0v) is 8.33. The number of nitrogens with two attached hydrogens (primary N) is 1. The maximum Gasteiger partial charge on any atom is 0.127 e. The Morgan fingerprint density at radius 3 is 3.07 bits per heavy atom. The van der Waals surface area contributed by atoms with Crippen LogP contribution in [0.5, 0.6) is 0 Å². The van der Waals surface area contributed by atoms with Crippen LogP contribution in [0, 0.1) is 5.82 Å². The number of fused-ring (bicyclic) bond motifs is 1. The molecule has 0 spiro atoms. The molecule has 2 rings (SSSR count). The van der Waals surface area contributed by atoms with E-state index >= 15 is 0 Å². The van der Waals surface area contributed by atoms with Gasteiger partial charge >= 0.3 is 0 Å². The van der Waals surface area contributed by atoms with Crippen LogP contribution < -0.4 is 5.73 Å². The summed E-state index contributed by atoms with van der Waals surface area (Å²) in [5.74, 6) is 0.173. The number of nitrogens with zero attached hydrogens (tertiary/aromatic N) is 1. The number of likely N-dealkylation sites (N-methyl/N-ethyl adjacent to an activating group) is 1. The fraction of sp³-hybridized carbons (Fsp3) is 0.455. The highest BCUT2D eigenvalue weighted by atomic mass is 19.1. The Hall–Kier alpha value is -0.930. The second-order valence-electron chi connectivity index (χ2n) is 3.94. The van der Waals surface area contributed by atoms with E-state index in [2.05, 4.69) is 4.90 Å². The Morgan fingerprint density at radius 1 is 1.57 bits per heavy atom. The molecule has 1 atom stereocenters. The zero-order valence-electron chi connectivity index (χ0n) is 8.33. The van der Waals surface area contributed by atoms with Crippen LogP contribution in [0.15, 0.2) is 18.2 Å². The van der Waals surface area contributed by atoms with Crippen LogP contribution in [-0.4, -0.2) is 25.0 Å². The largest absolute Gasteiger partial charge is 0.330 e. The van der Waals surface area contributed by atoms with Gasteiger partial charge in [0.25, 0.3) is 0 Å². The van der Waals surface area contributed by atoms with Crippen molar-refractivity contribution in [2.24, 2.45) is 5.73 Å². The summed E-state index contributed by atoms with van der Waals surface area (Å²) in [7, 11) is 2.00. The second-order valence-corrected chi connectivity index (χ2v) is 3.94. The summed E-state index contributed by atoms with van der Waals surface area (Å²) in [5.41, 5.74) is 7.59. The van der Waals surface area contributed by atoms with Crippen molar-refractivity contribution in [2.45, 2.75) is 12.5 Å². The summed E-state index contributed by atoms with van der Waals surface area (Å²) >= 11 is 0. The maximum absolute atomic E-state index is 13.5. The van der Waals surface area contributed by atoms with Gasteiger partial charge in [-0.25, -0.2) is 4.39 Å². The summed E-state index contributed by atoms with van der Waals surface area (Å²) in [6.07, 6.45) is 0. The number of halogens is 1. The molecule has 0 bridgehead atoms. The lowest BCUT2D eigenvalue weighted by atomic mass is 9.90. The van der Waals surface area contributed by atoms with Crippen LogP contribution in [-0.2, 0) is 6.54 Å². The van der Waals surface area contributed by atoms with Crippen molar-refractivity contribution in [2.75, 3.05) is 20.1 Å². The van der Waals surface area contributed by atoms with E-state index in [1.54, 1.807) is 6.07 Å².